The summed E-state index contributed by atoms with van der Waals surface area (Å²) in [5.41, 5.74) is 0.564. The van der Waals surface area contributed by atoms with E-state index >= 15 is 0 Å². The average Bonchev–Trinajstić information content (AvgIpc) is 2.41. The summed E-state index contributed by atoms with van der Waals surface area (Å²) in [5.74, 6) is -0.170. The van der Waals surface area contributed by atoms with Gasteiger partial charge in [-0.1, -0.05) is 12.1 Å². The van der Waals surface area contributed by atoms with Gasteiger partial charge in [0.05, 0.1) is 0 Å². The first-order valence-electron chi connectivity index (χ1n) is 6.63. The van der Waals surface area contributed by atoms with Crippen LogP contribution < -0.4 is 10.6 Å². The van der Waals surface area contributed by atoms with Gasteiger partial charge in [0, 0.05) is 25.3 Å². The van der Waals surface area contributed by atoms with Crippen LogP contribution in [0.5, 0.6) is 0 Å². The summed E-state index contributed by atoms with van der Waals surface area (Å²) in [6.45, 7) is 2.22. The highest BCUT2D eigenvalue weighted by molar-refractivity contribution is 5.85. The minimum absolute atomic E-state index is 0. The minimum atomic E-state index is -0.453. The van der Waals surface area contributed by atoms with E-state index in [0.29, 0.717) is 6.54 Å². The molecule has 4 nitrogen and oxygen atoms in total. The molecular weight excluding hydrogens is 283 g/mol. The zero-order valence-electron chi connectivity index (χ0n) is 11.0. The summed E-state index contributed by atoms with van der Waals surface area (Å²) in [7, 11) is 0. The number of hydrogen-bond donors (Lipinski definition) is 2. The number of carbonyl (C=O) groups is 1. The van der Waals surface area contributed by atoms with E-state index in [1.54, 1.807) is 12.1 Å². The largest absolute Gasteiger partial charge is 0.442 e. The molecule has 0 bridgehead atoms. The fourth-order valence-corrected chi connectivity index (χ4v) is 3.08. The maximum absolute atomic E-state index is 13.0. The fraction of sp³-hybridized carbons (Fsp3) is 0.500. The number of hydrogen-bond acceptors (Lipinski definition) is 3. The molecule has 1 aromatic rings. The van der Waals surface area contributed by atoms with Gasteiger partial charge in [-0.3, -0.25) is 0 Å². The second kappa shape index (κ2) is 5.97. The topological polar surface area (TPSA) is 50.4 Å². The molecule has 0 radical (unpaired) electrons. The van der Waals surface area contributed by atoms with Crippen molar-refractivity contribution in [3.05, 3.63) is 35.6 Å². The molecule has 2 N–H and O–H groups in total. The number of alkyl carbamates (subject to hydrolysis) is 1. The molecule has 1 amide bonds. The van der Waals surface area contributed by atoms with Crippen molar-refractivity contribution in [2.75, 3.05) is 19.6 Å². The van der Waals surface area contributed by atoms with E-state index in [1.165, 1.54) is 12.1 Å². The van der Waals surface area contributed by atoms with Crippen LogP contribution in [0.4, 0.5) is 9.18 Å². The zero-order chi connectivity index (χ0) is 13.3. The van der Waals surface area contributed by atoms with Gasteiger partial charge in [-0.05, 0) is 30.8 Å². The Hall–Kier alpha value is -1.33. The molecule has 2 aliphatic rings. The van der Waals surface area contributed by atoms with Crippen molar-refractivity contribution in [1.29, 1.82) is 0 Å². The number of rotatable bonds is 1. The molecule has 1 unspecified atom stereocenters. The molecule has 0 aromatic heterocycles. The fourth-order valence-electron chi connectivity index (χ4n) is 3.08. The summed E-state index contributed by atoms with van der Waals surface area (Å²) in [5, 5.41) is 6.02. The van der Waals surface area contributed by atoms with Crippen molar-refractivity contribution in [3.63, 3.8) is 0 Å². The van der Waals surface area contributed by atoms with Gasteiger partial charge in [-0.25, -0.2) is 9.18 Å². The number of piperidine rings is 1. The van der Waals surface area contributed by atoms with Gasteiger partial charge in [-0.15, -0.1) is 12.4 Å². The molecule has 1 atom stereocenters. The summed E-state index contributed by atoms with van der Waals surface area (Å²) in [4.78, 5) is 11.6. The van der Waals surface area contributed by atoms with Gasteiger partial charge in [0.2, 0.25) is 0 Å². The lowest BCUT2D eigenvalue weighted by atomic mass is 9.75. The van der Waals surface area contributed by atoms with Crippen LogP contribution in [0.3, 0.4) is 0 Å². The van der Waals surface area contributed by atoms with Gasteiger partial charge in [0.25, 0.3) is 0 Å². The van der Waals surface area contributed by atoms with Crippen LogP contribution in [-0.2, 0) is 4.74 Å². The minimum Gasteiger partial charge on any atom is -0.442 e. The summed E-state index contributed by atoms with van der Waals surface area (Å²) in [6.07, 6.45) is 1.24. The number of benzene rings is 1. The average molecular weight is 301 g/mol. The van der Waals surface area contributed by atoms with Crippen molar-refractivity contribution in [2.45, 2.75) is 24.4 Å². The summed E-state index contributed by atoms with van der Waals surface area (Å²) in [6, 6.07) is 6.48. The third kappa shape index (κ3) is 2.74. The van der Waals surface area contributed by atoms with E-state index in [2.05, 4.69) is 10.6 Å². The van der Waals surface area contributed by atoms with Gasteiger partial charge in [0.15, 0.2) is 0 Å². The van der Waals surface area contributed by atoms with Crippen molar-refractivity contribution in [1.82, 2.24) is 10.6 Å². The highest BCUT2D eigenvalue weighted by Crippen LogP contribution is 2.40. The monoisotopic (exact) mass is 300 g/mol. The van der Waals surface area contributed by atoms with Gasteiger partial charge < -0.3 is 15.4 Å². The summed E-state index contributed by atoms with van der Waals surface area (Å²) >= 11 is 0. The molecule has 2 fully saturated rings. The molecular formula is C14H18ClFN2O2. The molecule has 110 valence electrons. The molecule has 2 aliphatic heterocycles. The lowest BCUT2D eigenvalue weighted by molar-refractivity contribution is -0.0494. The van der Waals surface area contributed by atoms with Crippen molar-refractivity contribution in [3.8, 4) is 0 Å². The molecule has 6 heteroatoms. The normalized spacial score (nSPS) is 24.4. The zero-order valence-corrected chi connectivity index (χ0v) is 11.8. The first kappa shape index (κ1) is 15.1. The molecule has 2 saturated heterocycles. The molecule has 20 heavy (non-hydrogen) atoms. The van der Waals surface area contributed by atoms with Crippen LogP contribution in [0, 0.1) is 5.82 Å². The quantitative estimate of drug-likeness (QED) is 0.836. The summed E-state index contributed by atoms with van der Waals surface area (Å²) < 4.78 is 18.7. The standard InChI is InChI=1S/C14H17FN2O2.ClH/c15-11-3-1-10(2-4-11)12-9-17-13(18)19-14(12)5-7-16-8-6-14;/h1-4,12,16H,5-9H2,(H,17,18);1H. The Kier molecular flexibility index (Phi) is 4.50. The highest BCUT2D eigenvalue weighted by atomic mass is 35.5. The third-order valence-electron chi connectivity index (χ3n) is 4.10. The van der Waals surface area contributed by atoms with E-state index in [9.17, 15) is 9.18 Å². The van der Waals surface area contributed by atoms with Gasteiger partial charge in [-0.2, -0.15) is 0 Å². The first-order chi connectivity index (χ1) is 9.20. The predicted octanol–water partition coefficient (Wildman–Crippen LogP) is 2.19. The molecule has 1 aromatic carbocycles. The molecule has 0 aliphatic carbocycles. The van der Waals surface area contributed by atoms with E-state index < -0.39 is 5.60 Å². The van der Waals surface area contributed by atoms with E-state index in [0.717, 1.165) is 31.5 Å². The van der Waals surface area contributed by atoms with E-state index in [4.69, 9.17) is 4.74 Å². The van der Waals surface area contributed by atoms with Gasteiger partial charge in [0.1, 0.15) is 11.4 Å². The predicted molar refractivity (Wildman–Crippen MR) is 75.7 cm³/mol. The Morgan fingerprint density at radius 2 is 1.85 bits per heavy atom. The second-order valence-electron chi connectivity index (χ2n) is 5.19. The number of amides is 1. The third-order valence-corrected chi connectivity index (χ3v) is 4.10. The maximum atomic E-state index is 13.0. The molecule has 1 spiro atoms. The van der Waals surface area contributed by atoms with Crippen LogP contribution in [0.25, 0.3) is 0 Å². The Labute approximate surface area is 123 Å². The van der Waals surface area contributed by atoms with Crippen molar-refractivity contribution >= 4 is 18.5 Å². The Balaban J connectivity index is 0.00000147. The van der Waals surface area contributed by atoms with Crippen LogP contribution in [0.1, 0.15) is 24.3 Å². The van der Waals surface area contributed by atoms with Crippen molar-refractivity contribution in [2.24, 2.45) is 0 Å². The lowest BCUT2D eigenvalue weighted by Gasteiger charge is -2.46. The maximum Gasteiger partial charge on any atom is 0.407 e. The molecule has 0 saturated carbocycles. The van der Waals surface area contributed by atoms with Gasteiger partial charge >= 0.3 is 6.09 Å². The Bertz CT molecular complexity index is 475. The number of halogens is 2. The molecule has 2 heterocycles. The molecule has 3 rings (SSSR count). The van der Waals surface area contributed by atoms with Crippen LogP contribution in [-0.4, -0.2) is 31.3 Å². The Morgan fingerprint density at radius 1 is 1.20 bits per heavy atom. The lowest BCUT2D eigenvalue weighted by Crippen LogP contribution is -2.57. The smallest absolute Gasteiger partial charge is 0.407 e. The number of nitrogens with one attached hydrogen (secondary N) is 2. The van der Waals surface area contributed by atoms with E-state index in [1.807, 2.05) is 0 Å². The van der Waals surface area contributed by atoms with E-state index in [-0.39, 0.29) is 30.2 Å². The highest BCUT2D eigenvalue weighted by Gasteiger charge is 2.47. The number of carbonyl (C=O) groups excluding carboxylic acids is 1. The second-order valence-corrected chi connectivity index (χ2v) is 5.19. The number of ether oxygens (including phenoxy) is 1. The van der Waals surface area contributed by atoms with Crippen LogP contribution in [0.15, 0.2) is 24.3 Å². The SMILES string of the molecule is Cl.O=C1NCC(c2ccc(F)cc2)C2(CCNCC2)O1. The van der Waals surface area contributed by atoms with Crippen molar-refractivity contribution < 1.29 is 13.9 Å². The Morgan fingerprint density at radius 3 is 2.50 bits per heavy atom. The first-order valence-corrected chi connectivity index (χ1v) is 6.63. The van der Waals surface area contributed by atoms with Crippen LogP contribution >= 0.6 is 12.4 Å². The van der Waals surface area contributed by atoms with Crippen LogP contribution in [0.2, 0.25) is 0 Å².